The van der Waals surface area contributed by atoms with E-state index in [1.165, 1.54) is 11.8 Å². The molecular weight excluding hydrogens is 538 g/mol. The maximum Gasteiger partial charge on any atom is 0.231 e. The summed E-state index contributed by atoms with van der Waals surface area (Å²) in [5, 5.41) is 0.556. The van der Waals surface area contributed by atoms with Crippen LogP contribution >= 0.6 is 27.7 Å². The third kappa shape index (κ3) is 4.50. The fraction of sp³-hybridized carbons (Fsp3) is 0.261. The Kier molecular flexibility index (Phi) is 6.48. The maximum absolute atomic E-state index is 6.12. The number of fused-ring (bicyclic) bond motifs is 2. The van der Waals surface area contributed by atoms with Crippen molar-refractivity contribution in [3.63, 3.8) is 0 Å². The summed E-state index contributed by atoms with van der Waals surface area (Å²) in [5.41, 5.74) is 7.68. The maximum atomic E-state index is 6.12. The number of hydrogen-bond acceptors (Lipinski definition) is 10. The van der Waals surface area contributed by atoms with Gasteiger partial charge < -0.3 is 34.0 Å². The number of imidazole rings is 1. The number of nitrogens with zero attached hydrogens (tertiary/aromatic N) is 4. The van der Waals surface area contributed by atoms with Crippen LogP contribution in [0.25, 0.3) is 11.5 Å². The molecule has 182 valence electrons. The van der Waals surface area contributed by atoms with Crippen LogP contribution in [0.3, 0.4) is 0 Å². The predicted octanol–water partition coefficient (Wildman–Crippen LogP) is 4.27. The minimum atomic E-state index is 0.209. The third-order valence-electron chi connectivity index (χ3n) is 5.47. The van der Waals surface area contributed by atoms with Gasteiger partial charge in [0.2, 0.25) is 12.5 Å². The van der Waals surface area contributed by atoms with E-state index in [4.69, 9.17) is 34.4 Å². The summed E-state index contributed by atoms with van der Waals surface area (Å²) in [6.07, 6.45) is 2.35. The molecule has 2 aromatic rings. The fourth-order valence-corrected chi connectivity index (χ4v) is 5.10. The smallest absolute Gasteiger partial charge is 0.231 e. The molecule has 0 aliphatic carbocycles. The summed E-state index contributed by atoms with van der Waals surface area (Å²) in [5.74, 6) is 4.14. The summed E-state index contributed by atoms with van der Waals surface area (Å²) in [6, 6.07) is 7.64. The Hall–Kier alpha value is -3.38. The Balaban J connectivity index is 1.41. The number of nitrogens with two attached hydrogens (primary N) is 1. The molecule has 0 amide bonds. The molecule has 3 aliphatic heterocycles. The zero-order valence-electron chi connectivity index (χ0n) is 19.2. The molecule has 10 nitrogen and oxygen atoms in total. The summed E-state index contributed by atoms with van der Waals surface area (Å²) in [6.45, 7) is 0.805. The summed E-state index contributed by atoms with van der Waals surface area (Å²) in [7, 11) is 4.78. The van der Waals surface area contributed by atoms with E-state index in [0.29, 0.717) is 64.2 Å². The lowest BCUT2D eigenvalue weighted by atomic mass is 10.1. The lowest BCUT2D eigenvalue weighted by Crippen LogP contribution is -2.10. The number of hydrogen-bond donors (Lipinski definition) is 1. The zero-order valence-corrected chi connectivity index (χ0v) is 21.6. The highest BCUT2D eigenvalue weighted by atomic mass is 79.9. The topological polar surface area (TPSA) is 116 Å². The van der Waals surface area contributed by atoms with Crippen molar-refractivity contribution in [2.45, 2.75) is 23.0 Å². The molecule has 0 fully saturated rings. The van der Waals surface area contributed by atoms with Crippen LogP contribution in [-0.4, -0.2) is 47.6 Å². The van der Waals surface area contributed by atoms with E-state index >= 15 is 0 Å². The lowest BCUT2D eigenvalue weighted by Gasteiger charge is -2.15. The number of halogens is 1. The Morgan fingerprint density at radius 1 is 1.03 bits per heavy atom. The molecule has 3 aliphatic rings. The van der Waals surface area contributed by atoms with Crippen molar-refractivity contribution < 1.29 is 23.7 Å². The molecule has 5 rings (SSSR count). The van der Waals surface area contributed by atoms with E-state index in [1.54, 1.807) is 27.7 Å². The van der Waals surface area contributed by atoms with Crippen molar-refractivity contribution in [2.24, 2.45) is 0 Å². The Morgan fingerprint density at radius 3 is 2.43 bits per heavy atom. The molecule has 3 heterocycles. The van der Waals surface area contributed by atoms with Gasteiger partial charge in [0.15, 0.2) is 45.5 Å². The molecule has 0 atom stereocenters. The standard InChI is InChI=1S/C23H22BrN5O5S/c1-30-16-6-12(7-17(31-2)20(16)32-3)4-5-29-10-26-21(25)19-22(29)28-23(27-19)35-18-9-15-14(8-13(18)24)33-11-34-15/h6-10H,4-5,11,25H2,1-3H3. The molecule has 0 aromatic heterocycles. The number of aryl methyl sites for hydroxylation is 2. The molecule has 2 N–H and O–H groups in total. The van der Waals surface area contributed by atoms with E-state index in [-0.39, 0.29) is 6.79 Å². The van der Waals surface area contributed by atoms with Crippen LogP contribution in [0.5, 0.6) is 28.7 Å². The van der Waals surface area contributed by atoms with Gasteiger partial charge in [-0.1, -0.05) is 0 Å². The second-order valence-corrected chi connectivity index (χ2v) is 9.39. The van der Waals surface area contributed by atoms with Gasteiger partial charge in [0.1, 0.15) is 0 Å². The summed E-state index contributed by atoms with van der Waals surface area (Å²) >= 11 is 4.98. The Morgan fingerprint density at radius 2 is 1.74 bits per heavy atom. The van der Waals surface area contributed by atoms with E-state index in [2.05, 4.69) is 25.9 Å². The van der Waals surface area contributed by atoms with Crippen LogP contribution < -0.4 is 29.4 Å². The van der Waals surface area contributed by atoms with Crippen molar-refractivity contribution in [1.82, 2.24) is 19.5 Å². The highest BCUT2D eigenvalue weighted by molar-refractivity contribution is 9.10. The van der Waals surface area contributed by atoms with Gasteiger partial charge in [0.25, 0.3) is 0 Å². The molecule has 0 unspecified atom stereocenters. The Bertz CT molecular complexity index is 1340. The number of benzene rings is 2. The highest BCUT2D eigenvalue weighted by Crippen LogP contribution is 2.43. The molecule has 0 radical (unpaired) electrons. The van der Waals surface area contributed by atoms with Crippen LogP contribution in [0.4, 0.5) is 5.82 Å². The number of ether oxygens (including phenoxy) is 5. The highest BCUT2D eigenvalue weighted by Gasteiger charge is 2.22. The second kappa shape index (κ2) is 9.70. The van der Waals surface area contributed by atoms with Crippen molar-refractivity contribution in [2.75, 3.05) is 33.9 Å². The molecule has 12 heteroatoms. The first-order valence-corrected chi connectivity index (χ1v) is 12.2. The molecule has 2 aromatic carbocycles. The first-order chi connectivity index (χ1) is 17.0. The molecule has 35 heavy (non-hydrogen) atoms. The average molecular weight is 560 g/mol. The van der Waals surface area contributed by atoms with E-state index in [0.717, 1.165) is 14.9 Å². The Labute approximate surface area is 214 Å². The third-order valence-corrected chi connectivity index (χ3v) is 7.31. The first kappa shape index (κ1) is 23.4. The van der Waals surface area contributed by atoms with Gasteiger partial charge in [0, 0.05) is 15.9 Å². The second-order valence-electron chi connectivity index (χ2n) is 7.52. The lowest BCUT2D eigenvalue weighted by molar-refractivity contribution is 0.174. The quantitative estimate of drug-likeness (QED) is 0.335. The van der Waals surface area contributed by atoms with Crippen molar-refractivity contribution >= 4 is 33.5 Å². The van der Waals surface area contributed by atoms with Crippen LogP contribution in [0, 0.1) is 0 Å². The van der Waals surface area contributed by atoms with Crippen molar-refractivity contribution in [3.05, 3.63) is 40.6 Å². The minimum Gasteiger partial charge on any atom is -0.493 e. The minimum absolute atomic E-state index is 0.209. The van der Waals surface area contributed by atoms with Crippen LogP contribution in [0.15, 0.2) is 45.1 Å². The SMILES string of the molecule is COc1cc(CCn2cnc(N)c3nc(Sc4cc5c(cc4Br)OCO5)nc2-3)cc(OC)c1OC. The van der Waals surface area contributed by atoms with Crippen molar-refractivity contribution in [3.8, 4) is 40.3 Å². The van der Waals surface area contributed by atoms with E-state index in [9.17, 15) is 0 Å². The fourth-order valence-electron chi connectivity index (χ4n) is 3.75. The number of rotatable bonds is 8. The van der Waals surface area contributed by atoms with Crippen LogP contribution in [-0.2, 0) is 13.0 Å². The van der Waals surface area contributed by atoms with Crippen LogP contribution in [0.1, 0.15) is 5.56 Å². The first-order valence-electron chi connectivity index (χ1n) is 10.5. The summed E-state index contributed by atoms with van der Waals surface area (Å²) < 4.78 is 30.1. The molecular formula is C23H22BrN5O5S. The number of aromatic nitrogens is 4. The van der Waals surface area contributed by atoms with Gasteiger partial charge in [-0.25, -0.2) is 15.0 Å². The number of methoxy groups -OCH3 is 3. The molecule has 0 saturated carbocycles. The van der Waals surface area contributed by atoms with Gasteiger partial charge in [-0.05, 0) is 63.9 Å². The molecule has 0 bridgehead atoms. The number of nitrogen functional groups attached to an aromatic ring is 1. The number of anilines is 1. The van der Waals surface area contributed by atoms with Gasteiger partial charge in [-0.3, -0.25) is 0 Å². The van der Waals surface area contributed by atoms with Crippen molar-refractivity contribution in [1.29, 1.82) is 0 Å². The van der Waals surface area contributed by atoms with Gasteiger partial charge in [-0.15, -0.1) is 0 Å². The zero-order chi connectivity index (χ0) is 24.5. The van der Waals surface area contributed by atoms with Gasteiger partial charge >= 0.3 is 0 Å². The summed E-state index contributed by atoms with van der Waals surface area (Å²) in [4.78, 5) is 14.6. The van der Waals surface area contributed by atoms with Gasteiger partial charge in [0.05, 0.1) is 27.7 Å². The predicted molar refractivity (Wildman–Crippen MR) is 133 cm³/mol. The molecule has 0 spiro atoms. The largest absolute Gasteiger partial charge is 0.493 e. The normalized spacial score (nSPS) is 12.2. The van der Waals surface area contributed by atoms with Crippen LogP contribution in [0.2, 0.25) is 0 Å². The van der Waals surface area contributed by atoms with E-state index in [1.807, 2.05) is 28.8 Å². The van der Waals surface area contributed by atoms with E-state index < -0.39 is 0 Å². The average Bonchev–Trinajstić information content (AvgIpc) is 3.50. The van der Waals surface area contributed by atoms with Gasteiger partial charge in [-0.2, -0.15) is 0 Å². The monoisotopic (exact) mass is 559 g/mol. The molecule has 0 saturated heterocycles.